The quantitative estimate of drug-likeness (QED) is 0.567. The van der Waals surface area contributed by atoms with Crippen molar-refractivity contribution in [3.8, 4) is 11.4 Å². The molecule has 1 saturated heterocycles. The van der Waals surface area contributed by atoms with Crippen LogP contribution in [-0.4, -0.2) is 39.2 Å². The molecule has 0 spiro atoms. The second-order valence-electron chi connectivity index (χ2n) is 6.44. The Morgan fingerprint density at radius 3 is 2.41 bits per heavy atom. The first kappa shape index (κ1) is 22.6. The molecule has 0 bridgehead atoms. The van der Waals surface area contributed by atoms with Gasteiger partial charge < -0.3 is 16.0 Å². The molecule has 1 amide bonds. The van der Waals surface area contributed by atoms with Gasteiger partial charge in [-0.2, -0.15) is 5.10 Å². The van der Waals surface area contributed by atoms with Crippen molar-refractivity contribution in [2.45, 2.75) is 19.4 Å². The Kier molecular flexibility index (Phi) is 7.95. The maximum Gasteiger partial charge on any atom is 0.257 e. The maximum atomic E-state index is 12.4. The third-order valence-electron chi connectivity index (χ3n) is 4.57. The normalized spacial score (nSPS) is 12.8. The largest absolute Gasteiger partial charge is 0.357 e. The first-order chi connectivity index (χ1) is 13.2. The van der Waals surface area contributed by atoms with Crippen molar-refractivity contribution in [2.24, 2.45) is 5.73 Å². The molecule has 0 aliphatic carbocycles. The molecule has 3 aromatic rings. The van der Waals surface area contributed by atoms with E-state index in [1.54, 1.807) is 6.20 Å². The van der Waals surface area contributed by atoms with Crippen LogP contribution in [-0.2, 0) is 6.54 Å². The molecule has 1 aliphatic heterocycles. The fraction of sp³-hybridized carbons (Fsp3) is 0.263. The number of rotatable bonds is 5. The summed E-state index contributed by atoms with van der Waals surface area (Å²) in [7, 11) is 0. The van der Waals surface area contributed by atoms with Gasteiger partial charge in [-0.1, -0.05) is 0 Å². The lowest BCUT2D eigenvalue weighted by Gasteiger charge is -2.16. The van der Waals surface area contributed by atoms with E-state index >= 15 is 0 Å². The molecule has 8 nitrogen and oxygen atoms in total. The number of nitrogens with two attached hydrogens (primary N) is 1. The monoisotopic (exact) mass is 435 g/mol. The zero-order chi connectivity index (χ0) is 18.6. The van der Waals surface area contributed by atoms with Gasteiger partial charge in [0.25, 0.3) is 5.91 Å². The Balaban J connectivity index is 0.00000150. The fourth-order valence-electron chi connectivity index (χ4n) is 3.08. The molecule has 29 heavy (non-hydrogen) atoms. The van der Waals surface area contributed by atoms with Crippen LogP contribution in [0.15, 0.2) is 42.6 Å². The van der Waals surface area contributed by atoms with E-state index in [1.165, 1.54) is 12.8 Å². The first-order valence-corrected chi connectivity index (χ1v) is 8.97. The van der Waals surface area contributed by atoms with Gasteiger partial charge in [0.05, 0.1) is 12.1 Å². The summed E-state index contributed by atoms with van der Waals surface area (Å²) in [5, 5.41) is 9.78. The van der Waals surface area contributed by atoms with Crippen molar-refractivity contribution in [2.75, 3.05) is 23.3 Å². The molecule has 3 heterocycles. The SMILES string of the molecule is Cl.Cl.NCc1nc(-c2ccc(NC(=O)c3ccc(N4CCCC4)nc3)cc2)n[nH]1. The summed E-state index contributed by atoms with van der Waals surface area (Å²) in [5.41, 5.74) is 7.61. The number of amides is 1. The van der Waals surface area contributed by atoms with E-state index in [4.69, 9.17) is 5.73 Å². The average Bonchev–Trinajstić information content (AvgIpc) is 3.41. The van der Waals surface area contributed by atoms with Gasteiger partial charge >= 0.3 is 0 Å². The Bertz CT molecular complexity index is 922. The molecular weight excluding hydrogens is 413 g/mol. The topological polar surface area (TPSA) is 113 Å². The predicted octanol–water partition coefficient (Wildman–Crippen LogP) is 3.02. The number of carbonyl (C=O) groups is 1. The number of benzene rings is 1. The van der Waals surface area contributed by atoms with Crippen molar-refractivity contribution in [1.29, 1.82) is 0 Å². The highest BCUT2D eigenvalue weighted by Crippen LogP contribution is 2.20. The highest BCUT2D eigenvalue weighted by Gasteiger charge is 2.14. The van der Waals surface area contributed by atoms with E-state index in [9.17, 15) is 4.79 Å². The van der Waals surface area contributed by atoms with Crippen LogP contribution in [0.3, 0.4) is 0 Å². The van der Waals surface area contributed by atoms with Crippen LogP contribution >= 0.6 is 24.8 Å². The fourth-order valence-corrected chi connectivity index (χ4v) is 3.08. The summed E-state index contributed by atoms with van der Waals surface area (Å²) in [4.78, 5) is 23.4. The molecule has 0 radical (unpaired) electrons. The van der Waals surface area contributed by atoms with E-state index in [-0.39, 0.29) is 30.7 Å². The van der Waals surface area contributed by atoms with Crippen LogP contribution in [0.2, 0.25) is 0 Å². The molecule has 1 aromatic carbocycles. The molecular formula is C19H23Cl2N7O. The van der Waals surface area contributed by atoms with Crippen molar-refractivity contribution in [1.82, 2.24) is 20.2 Å². The van der Waals surface area contributed by atoms with Crippen LogP contribution < -0.4 is 16.0 Å². The summed E-state index contributed by atoms with van der Waals surface area (Å²) in [6.45, 7) is 2.37. The third-order valence-corrected chi connectivity index (χ3v) is 4.57. The molecule has 4 rings (SSSR count). The number of anilines is 2. The van der Waals surface area contributed by atoms with Crippen molar-refractivity contribution in [3.05, 3.63) is 54.0 Å². The summed E-state index contributed by atoms with van der Waals surface area (Å²) < 4.78 is 0. The molecule has 0 saturated carbocycles. The van der Waals surface area contributed by atoms with E-state index in [1.807, 2.05) is 36.4 Å². The number of pyridine rings is 1. The van der Waals surface area contributed by atoms with Gasteiger partial charge in [-0.15, -0.1) is 24.8 Å². The zero-order valence-electron chi connectivity index (χ0n) is 15.7. The molecule has 4 N–H and O–H groups in total. The predicted molar refractivity (Wildman–Crippen MR) is 118 cm³/mol. The second-order valence-corrected chi connectivity index (χ2v) is 6.44. The Labute approximate surface area is 181 Å². The zero-order valence-corrected chi connectivity index (χ0v) is 17.3. The molecule has 0 unspecified atom stereocenters. The molecule has 10 heteroatoms. The summed E-state index contributed by atoms with van der Waals surface area (Å²) in [5.74, 6) is 1.95. The van der Waals surface area contributed by atoms with Gasteiger partial charge in [0, 0.05) is 30.5 Å². The van der Waals surface area contributed by atoms with Crippen molar-refractivity contribution < 1.29 is 4.79 Å². The van der Waals surface area contributed by atoms with Crippen LogP contribution in [0.1, 0.15) is 29.0 Å². The minimum Gasteiger partial charge on any atom is -0.357 e. The third kappa shape index (κ3) is 5.23. The van der Waals surface area contributed by atoms with Gasteiger partial charge in [-0.3, -0.25) is 9.89 Å². The average molecular weight is 436 g/mol. The van der Waals surface area contributed by atoms with E-state index in [2.05, 4.69) is 30.4 Å². The van der Waals surface area contributed by atoms with Crippen molar-refractivity contribution >= 4 is 42.2 Å². The van der Waals surface area contributed by atoms with Gasteiger partial charge in [0.15, 0.2) is 5.82 Å². The molecule has 1 fully saturated rings. The lowest BCUT2D eigenvalue weighted by Crippen LogP contribution is -2.19. The molecule has 0 atom stereocenters. The van der Waals surface area contributed by atoms with Crippen LogP contribution in [0.5, 0.6) is 0 Å². The van der Waals surface area contributed by atoms with Gasteiger partial charge in [0.1, 0.15) is 11.6 Å². The summed E-state index contributed by atoms with van der Waals surface area (Å²) in [6.07, 6.45) is 4.02. The lowest BCUT2D eigenvalue weighted by molar-refractivity contribution is 0.102. The van der Waals surface area contributed by atoms with E-state index < -0.39 is 0 Å². The minimum absolute atomic E-state index is 0. The Morgan fingerprint density at radius 2 is 1.83 bits per heavy atom. The Hall–Kier alpha value is -2.68. The van der Waals surface area contributed by atoms with Crippen LogP contribution in [0, 0.1) is 0 Å². The van der Waals surface area contributed by atoms with Gasteiger partial charge in [-0.25, -0.2) is 9.97 Å². The van der Waals surface area contributed by atoms with Gasteiger partial charge in [0.2, 0.25) is 0 Å². The highest BCUT2D eigenvalue weighted by molar-refractivity contribution is 6.04. The number of hydrogen-bond acceptors (Lipinski definition) is 6. The standard InChI is InChI=1S/C19H21N7O.2ClH/c20-11-16-23-18(25-24-16)13-3-6-15(7-4-13)22-19(27)14-5-8-17(21-12-14)26-9-1-2-10-26;;/h3-8,12H,1-2,9-11,20H2,(H,22,27)(H,23,24,25);2*1H. The number of nitrogens with zero attached hydrogens (tertiary/aromatic N) is 4. The number of halogens is 2. The summed E-state index contributed by atoms with van der Waals surface area (Å²) in [6, 6.07) is 11.1. The molecule has 2 aromatic heterocycles. The maximum absolute atomic E-state index is 12.4. The van der Waals surface area contributed by atoms with Crippen molar-refractivity contribution in [3.63, 3.8) is 0 Å². The minimum atomic E-state index is -0.188. The number of H-pyrrole nitrogens is 1. The lowest BCUT2D eigenvalue weighted by atomic mass is 10.2. The number of carbonyl (C=O) groups excluding carboxylic acids is 1. The molecule has 1 aliphatic rings. The van der Waals surface area contributed by atoms with Crippen LogP contribution in [0.4, 0.5) is 11.5 Å². The first-order valence-electron chi connectivity index (χ1n) is 8.97. The number of aromatic amines is 1. The van der Waals surface area contributed by atoms with Gasteiger partial charge in [-0.05, 0) is 49.2 Å². The smallest absolute Gasteiger partial charge is 0.257 e. The number of hydrogen-bond donors (Lipinski definition) is 3. The van der Waals surface area contributed by atoms with E-state index in [0.717, 1.165) is 24.5 Å². The Morgan fingerprint density at radius 1 is 1.10 bits per heavy atom. The highest BCUT2D eigenvalue weighted by atomic mass is 35.5. The summed E-state index contributed by atoms with van der Waals surface area (Å²) >= 11 is 0. The van der Waals surface area contributed by atoms with Crippen LogP contribution in [0.25, 0.3) is 11.4 Å². The second kappa shape index (κ2) is 10.2. The number of nitrogens with one attached hydrogen (secondary N) is 2. The molecule has 154 valence electrons. The van der Waals surface area contributed by atoms with E-state index in [0.29, 0.717) is 29.4 Å². The number of aromatic nitrogens is 4.